The Morgan fingerprint density at radius 1 is 1.45 bits per heavy atom. The van der Waals surface area contributed by atoms with Gasteiger partial charge in [0.15, 0.2) is 5.82 Å². The van der Waals surface area contributed by atoms with Crippen molar-refractivity contribution in [2.24, 2.45) is 0 Å². The van der Waals surface area contributed by atoms with Gasteiger partial charge in [-0.1, -0.05) is 19.6 Å². The van der Waals surface area contributed by atoms with E-state index >= 15 is 0 Å². The molecule has 0 bridgehead atoms. The van der Waals surface area contributed by atoms with Gasteiger partial charge in [-0.15, -0.1) is 0 Å². The number of piperidine rings is 1. The monoisotopic (exact) mass is 454 g/mol. The number of ether oxygens (including phenoxy) is 2. The lowest BCUT2D eigenvalue weighted by Gasteiger charge is -2.38. The van der Waals surface area contributed by atoms with Gasteiger partial charge < -0.3 is 14.4 Å². The number of hydrogen-bond donors (Lipinski definition) is 1. The van der Waals surface area contributed by atoms with Gasteiger partial charge >= 0.3 is 6.09 Å². The molecule has 1 fully saturated rings. The minimum absolute atomic E-state index is 0.0783. The van der Waals surface area contributed by atoms with Crippen LogP contribution in [0.25, 0.3) is 0 Å². The summed E-state index contributed by atoms with van der Waals surface area (Å²) in [5.74, 6) is 1.21. The maximum absolute atomic E-state index is 12.3. The summed E-state index contributed by atoms with van der Waals surface area (Å²) < 4.78 is 11.3. The molecule has 0 saturated carbocycles. The van der Waals surface area contributed by atoms with Crippen LogP contribution in [0.3, 0.4) is 0 Å². The van der Waals surface area contributed by atoms with Crippen LogP contribution in [-0.2, 0) is 4.74 Å². The summed E-state index contributed by atoms with van der Waals surface area (Å²) >= 11 is 0. The van der Waals surface area contributed by atoms with Crippen LogP contribution < -0.4 is 15.2 Å². The number of likely N-dealkylation sites (tertiary alicyclic amines) is 1. The molecule has 1 saturated heterocycles. The SMILES string of the molecule is C=C/C=C(C#N)\C=C/COc1ncnc(N(NC)C2CCN(C(=O)OC(C)CC)CC2)c1C. The average Bonchev–Trinajstić information content (AvgIpc) is 2.83. The van der Waals surface area contributed by atoms with Crippen LogP contribution in [-0.4, -0.2) is 59.9 Å². The average molecular weight is 455 g/mol. The molecule has 0 spiro atoms. The summed E-state index contributed by atoms with van der Waals surface area (Å²) in [5, 5.41) is 11.1. The number of amides is 1. The van der Waals surface area contributed by atoms with Crippen LogP contribution in [0.5, 0.6) is 5.88 Å². The molecule has 1 unspecified atom stereocenters. The minimum Gasteiger partial charge on any atom is -0.473 e. The summed E-state index contributed by atoms with van der Waals surface area (Å²) in [6, 6.07) is 2.24. The number of nitrogens with one attached hydrogen (secondary N) is 1. The molecule has 1 aromatic heterocycles. The third-order valence-corrected chi connectivity index (χ3v) is 5.49. The highest BCUT2D eigenvalue weighted by Crippen LogP contribution is 2.27. The van der Waals surface area contributed by atoms with Crippen molar-refractivity contribution in [1.29, 1.82) is 5.26 Å². The first-order chi connectivity index (χ1) is 15.9. The zero-order chi connectivity index (χ0) is 24.2. The fraction of sp³-hybridized carbons (Fsp3) is 0.500. The smallest absolute Gasteiger partial charge is 0.410 e. The summed E-state index contributed by atoms with van der Waals surface area (Å²) in [6.45, 7) is 10.9. The zero-order valence-electron chi connectivity index (χ0n) is 20.0. The van der Waals surface area contributed by atoms with Crippen LogP contribution >= 0.6 is 0 Å². The van der Waals surface area contributed by atoms with E-state index in [0.29, 0.717) is 24.5 Å². The fourth-order valence-electron chi connectivity index (χ4n) is 3.47. The second-order valence-corrected chi connectivity index (χ2v) is 7.72. The number of anilines is 1. The van der Waals surface area contributed by atoms with Crippen molar-refractivity contribution in [3.63, 3.8) is 0 Å². The van der Waals surface area contributed by atoms with E-state index in [1.54, 1.807) is 29.2 Å². The van der Waals surface area contributed by atoms with E-state index in [9.17, 15) is 4.79 Å². The van der Waals surface area contributed by atoms with Gasteiger partial charge in [0.2, 0.25) is 5.88 Å². The molecule has 1 aliphatic heterocycles. The van der Waals surface area contributed by atoms with Gasteiger partial charge in [0, 0.05) is 20.1 Å². The Morgan fingerprint density at radius 2 is 2.18 bits per heavy atom. The number of hydrogen-bond acceptors (Lipinski definition) is 8. The highest BCUT2D eigenvalue weighted by molar-refractivity contribution is 5.68. The Balaban J connectivity index is 2.02. The first kappa shape index (κ1) is 25.9. The summed E-state index contributed by atoms with van der Waals surface area (Å²) in [7, 11) is 1.85. The third kappa shape index (κ3) is 7.32. The topological polar surface area (TPSA) is 104 Å². The minimum atomic E-state index is -0.247. The summed E-state index contributed by atoms with van der Waals surface area (Å²) in [4.78, 5) is 22.8. The second-order valence-electron chi connectivity index (χ2n) is 7.72. The van der Waals surface area contributed by atoms with E-state index in [0.717, 1.165) is 30.6 Å². The Morgan fingerprint density at radius 3 is 2.79 bits per heavy atom. The lowest BCUT2D eigenvalue weighted by molar-refractivity contribution is 0.0610. The molecule has 1 aliphatic rings. The van der Waals surface area contributed by atoms with Gasteiger partial charge in [-0.25, -0.2) is 20.2 Å². The van der Waals surface area contributed by atoms with E-state index in [4.69, 9.17) is 14.7 Å². The standard InChI is InChI=1S/C24H34N6O3/c1-6-9-20(16-25)10-8-15-32-23-19(4)22(27-17-28-23)30(26-5)21-11-13-29(14-12-21)24(31)33-18(3)7-2/h6,8-10,17-18,21,26H,1,7,11-15H2,2-5H3/b10-8-,20-9+. The number of carbonyl (C=O) groups is 1. The number of allylic oxidation sites excluding steroid dienone is 4. The van der Waals surface area contributed by atoms with Crippen molar-refractivity contribution >= 4 is 11.9 Å². The van der Waals surface area contributed by atoms with Gasteiger partial charge in [-0.2, -0.15) is 5.26 Å². The highest BCUT2D eigenvalue weighted by atomic mass is 16.6. The lowest BCUT2D eigenvalue weighted by atomic mass is 10.0. The molecule has 2 rings (SSSR count). The molecule has 1 aromatic rings. The van der Waals surface area contributed by atoms with Crippen LogP contribution in [0.15, 0.2) is 42.8 Å². The first-order valence-corrected chi connectivity index (χ1v) is 11.2. The maximum Gasteiger partial charge on any atom is 0.410 e. The van der Waals surface area contributed by atoms with E-state index in [2.05, 4.69) is 28.0 Å². The number of carbonyl (C=O) groups excluding carboxylic acids is 1. The third-order valence-electron chi connectivity index (χ3n) is 5.49. The molecule has 33 heavy (non-hydrogen) atoms. The molecule has 9 heteroatoms. The molecule has 0 aliphatic carbocycles. The van der Waals surface area contributed by atoms with Crippen LogP contribution in [0, 0.1) is 18.3 Å². The first-order valence-electron chi connectivity index (χ1n) is 11.2. The Labute approximate surface area is 196 Å². The second kappa shape index (κ2) is 13.2. The number of hydrazine groups is 1. The summed E-state index contributed by atoms with van der Waals surface area (Å²) in [6.07, 6.45) is 10.1. The van der Waals surface area contributed by atoms with Gasteiger partial charge in [0.05, 0.1) is 23.2 Å². The van der Waals surface area contributed by atoms with E-state index < -0.39 is 0 Å². The van der Waals surface area contributed by atoms with Crippen molar-refractivity contribution < 1.29 is 14.3 Å². The van der Waals surface area contributed by atoms with Crippen molar-refractivity contribution in [2.75, 3.05) is 31.8 Å². The van der Waals surface area contributed by atoms with Crippen molar-refractivity contribution in [1.82, 2.24) is 20.3 Å². The number of nitrogens with zero attached hydrogens (tertiary/aromatic N) is 5. The Bertz CT molecular complexity index is 900. The molecular weight excluding hydrogens is 420 g/mol. The highest BCUT2D eigenvalue weighted by Gasteiger charge is 2.29. The van der Waals surface area contributed by atoms with E-state index in [-0.39, 0.29) is 24.8 Å². The fourth-order valence-corrected chi connectivity index (χ4v) is 3.47. The molecule has 1 atom stereocenters. The molecule has 1 N–H and O–H groups in total. The molecule has 1 amide bonds. The van der Waals surface area contributed by atoms with Crippen LogP contribution in [0.1, 0.15) is 38.7 Å². The van der Waals surface area contributed by atoms with E-state index in [1.807, 2.05) is 32.8 Å². The molecular formula is C24H34N6O3. The van der Waals surface area contributed by atoms with Crippen molar-refractivity contribution in [2.45, 2.75) is 52.2 Å². The van der Waals surface area contributed by atoms with Crippen LogP contribution in [0.2, 0.25) is 0 Å². The molecule has 178 valence electrons. The summed E-state index contributed by atoms with van der Waals surface area (Å²) in [5.41, 5.74) is 4.53. The zero-order valence-corrected chi connectivity index (χ0v) is 20.0. The van der Waals surface area contributed by atoms with Crippen LogP contribution in [0.4, 0.5) is 10.6 Å². The molecule has 0 radical (unpaired) electrons. The predicted molar refractivity (Wildman–Crippen MR) is 128 cm³/mol. The normalized spacial score (nSPS) is 15.7. The van der Waals surface area contributed by atoms with Crippen molar-refractivity contribution in [3.05, 3.63) is 48.3 Å². The number of aromatic nitrogens is 2. The van der Waals surface area contributed by atoms with Gasteiger partial charge in [-0.3, -0.25) is 5.01 Å². The number of nitriles is 1. The predicted octanol–water partition coefficient (Wildman–Crippen LogP) is 3.70. The van der Waals surface area contributed by atoms with E-state index in [1.165, 1.54) is 6.33 Å². The Hall–Kier alpha value is -3.38. The van der Waals surface area contributed by atoms with Crippen molar-refractivity contribution in [3.8, 4) is 11.9 Å². The molecule has 0 aromatic carbocycles. The van der Waals surface area contributed by atoms with Gasteiger partial charge in [-0.05, 0) is 51.3 Å². The lowest BCUT2D eigenvalue weighted by Crippen LogP contribution is -2.51. The van der Waals surface area contributed by atoms with Gasteiger partial charge in [0.1, 0.15) is 19.0 Å². The Kier molecular flexibility index (Phi) is 10.4. The quantitative estimate of drug-likeness (QED) is 0.324. The van der Waals surface area contributed by atoms with Gasteiger partial charge in [0.25, 0.3) is 0 Å². The molecule has 9 nitrogen and oxygen atoms in total. The largest absolute Gasteiger partial charge is 0.473 e. The maximum atomic E-state index is 12.3. The molecule has 2 heterocycles. The number of rotatable bonds is 10.